The number of nitrogens with zero attached hydrogens (tertiary/aromatic N) is 3. The van der Waals surface area contributed by atoms with Crippen molar-refractivity contribution in [2.45, 2.75) is 51.2 Å². The highest BCUT2D eigenvalue weighted by molar-refractivity contribution is 14.0. The van der Waals surface area contributed by atoms with Gasteiger partial charge in [-0.3, -0.25) is 14.7 Å². The average Bonchev–Trinajstić information content (AvgIpc) is 3.50. The molecule has 7 nitrogen and oxygen atoms in total. The number of likely N-dealkylation sites (tertiary alicyclic amines) is 2. The molecule has 1 aromatic carbocycles. The number of hydrogen-bond donors (Lipinski definition) is 2. The lowest BCUT2D eigenvalue weighted by molar-refractivity contribution is -0.128. The number of guanidine groups is 1. The number of amides is 1. The number of halogens is 1. The number of rotatable bonds is 8. The first-order valence-electron chi connectivity index (χ1n) is 11.8. The Hall–Kier alpha value is -2.07. The third-order valence-electron chi connectivity index (χ3n) is 6.49. The van der Waals surface area contributed by atoms with Crippen LogP contribution in [0, 0.1) is 0 Å². The molecule has 1 atom stereocenters. The number of benzene rings is 1. The van der Waals surface area contributed by atoms with Crippen molar-refractivity contribution < 1.29 is 9.21 Å². The topological polar surface area (TPSA) is 73.1 Å². The van der Waals surface area contributed by atoms with Crippen LogP contribution >= 0.6 is 24.0 Å². The Labute approximate surface area is 214 Å². The average molecular weight is 566 g/mol. The lowest BCUT2D eigenvalue weighted by Crippen LogP contribution is -2.44. The van der Waals surface area contributed by atoms with Gasteiger partial charge in [-0.25, -0.2) is 0 Å². The van der Waals surface area contributed by atoms with E-state index in [9.17, 15) is 4.79 Å². The molecule has 2 aromatic rings. The van der Waals surface area contributed by atoms with Crippen LogP contribution in [0.1, 0.15) is 55.0 Å². The molecule has 1 amide bonds. The molecule has 2 N–H and O–H groups in total. The summed E-state index contributed by atoms with van der Waals surface area (Å²) in [5.41, 5.74) is 2.38. The molecule has 0 radical (unpaired) electrons. The van der Waals surface area contributed by atoms with E-state index in [1.54, 1.807) is 13.3 Å². The smallest absolute Gasteiger partial charge is 0.222 e. The zero-order chi connectivity index (χ0) is 22.2. The van der Waals surface area contributed by atoms with Gasteiger partial charge in [-0.1, -0.05) is 30.7 Å². The van der Waals surface area contributed by atoms with Gasteiger partial charge in [0.2, 0.25) is 5.91 Å². The van der Waals surface area contributed by atoms with Gasteiger partial charge in [0.1, 0.15) is 5.76 Å². The van der Waals surface area contributed by atoms with Gasteiger partial charge in [0.05, 0.1) is 12.3 Å². The van der Waals surface area contributed by atoms with E-state index in [1.807, 2.05) is 23.1 Å². The maximum absolute atomic E-state index is 12.0. The lowest BCUT2D eigenvalue weighted by atomic mass is 10.1. The molecule has 0 spiro atoms. The number of piperidine rings is 1. The molecule has 1 aromatic heterocycles. The van der Waals surface area contributed by atoms with Crippen LogP contribution in [0.5, 0.6) is 0 Å². The van der Waals surface area contributed by atoms with Gasteiger partial charge < -0.3 is 20.0 Å². The number of carbonyl (C=O) groups excluding carboxylic acids is 1. The van der Waals surface area contributed by atoms with E-state index >= 15 is 0 Å². The molecule has 8 heteroatoms. The maximum atomic E-state index is 12.0. The van der Waals surface area contributed by atoms with Gasteiger partial charge in [-0.2, -0.15) is 0 Å². The van der Waals surface area contributed by atoms with Crippen molar-refractivity contribution in [1.82, 2.24) is 20.4 Å². The second-order valence-electron chi connectivity index (χ2n) is 8.62. The first-order chi connectivity index (χ1) is 15.7. The normalized spacial score (nSPS) is 18.2. The van der Waals surface area contributed by atoms with E-state index in [1.165, 1.54) is 30.4 Å². The molecule has 180 valence electrons. The van der Waals surface area contributed by atoms with Crippen LogP contribution in [-0.4, -0.2) is 54.9 Å². The van der Waals surface area contributed by atoms with Crippen LogP contribution in [-0.2, 0) is 17.9 Å². The van der Waals surface area contributed by atoms with Crippen molar-refractivity contribution in [3.05, 3.63) is 59.5 Å². The van der Waals surface area contributed by atoms with Gasteiger partial charge in [-0.15, -0.1) is 24.0 Å². The Morgan fingerprint density at radius 1 is 1.03 bits per heavy atom. The van der Waals surface area contributed by atoms with Crippen LogP contribution < -0.4 is 10.6 Å². The minimum atomic E-state index is 0. The van der Waals surface area contributed by atoms with Crippen molar-refractivity contribution >= 4 is 35.8 Å². The predicted octanol–water partition coefficient (Wildman–Crippen LogP) is 3.91. The van der Waals surface area contributed by atoms with E-state index in [4.69, 9.17) is 4.42 Å². The molecule has 1 unspecified atom stereocenters. The Kier molecular flexibility index (Phi) is 10.1. The van der Waals surface area contributed by atoms with E-state index in [-0.39, 0.29) is 35.9 Å². The highest BCUT2D eigenvalue weighted by Gasteiger charge is 2.25. The van der Waals surface area contributed by atoms with Crippen molar-refractivity contribution in [3.8, 4) is 0 Å². The number of nitrogens with one attached hydrogen (secondary N) is 2. The molecule has 3 heterocycles. The van der Waals surface area contributed by atoms with Crippen LogP contribution in [0.2, 0.25) is 0 Å². The Morgan fingerprint density at radius 2 is 1.82 bits per heavy atom. The fourth-order valence-corrected chi connectivity index (χ4v) is 4.67. The summed E-state index contributed by atoms with van der Waals surface area (Å²) in [6.07, 6.45) is 7.16. The van der Waals surface area contributed by atoms with Crippen LogP contribution in [0.4, 0.5) is 0 Å². The van der Waals surface area contributed by atoms with Gasteiger partial charge in [-0.05, 0) is 55.6 Å². The third kappa shape index (κ3) is 6.96. The molecular formula is C25H36IN5O2. The van der Waals surface area contributed by atoms with Gasteiger partial charge in [0.25, 0.3) is 0 Å². The summed E-state index contributed by atoms with van der Waals surface area (Å²) in [7, 11) is 1.80. The number of furan rings is 1. The summed E-state index contributed by atoms with van der Waals surface area (Å²) in [4.78, 5) is 20.9. The van der Waals surface area contributed by atoms with Crippen molar-refractivity contribution in [3.63, 3.8) is 0 Å². The standard InChI is InChI=1S/C25H35N5O2.HI/c1-26-25(28-18-22(23-11-8-16-32-23)29-13-5-2-6-14-29)27-17-20-9-3-4-10-21(20)19-30-15-7-12-24(30)31;/h3-4,8-11,16,22H,2,5-7,12-15,17-19H2,1H3,(H2,26,27,28);1H. The largest absolute Gasteiger partial charge is 0.468 e. The zero-order valence-electron chi connectivity index (χ0n) is 19.5. The summed E-state index contributed by atoms with van der Waals surface area (Å²) in [6.45, 7) is 5.13. The van der Waals surface area contributed by atoms with Crippen LogP contribution in [0.3, 0.4) is 0 Å². The Morgan fingerprint density at radius 3 is 2.48 bits per heavy atom. The Bertz CT molecular complexity index is 896. The van der Waals surface area contributed by atoms with E-state index < -0.39 is 0 Å². The van der Waals surface area contributed by atoms with E-state index in [0.717, 1.165) is 44.3 Å². The molecular weight excluding hydrogens is 529 g/mol. The minimum absolute atomic E-state index is 0. The SMILES string of the molecule is CN=C(NCc1ccccc1CN1CCCC1=O)NCC(c1ccco1)N1CCCCC1.I. The molecule has 0 saturated carbocycles. The highest BCUT2D eigenvalue weighted by Crippen LogP contribution is 2.24. The number of hydrogen-bond acceptors (Lipinski definition) is 4. The molecule has 2 aliphatic rings. The fourth-order valence-electron chi connectivity index (χ4n) is 4.67. The highest BCUT2D eigenvalue weighted by atomic mass is 127. The molecule has 33 heavy (non-hydrogen) atoms. The fraction of sp³-hybridized carbons (Fsp3) is 0.520. The molecule has 2 aliphatic heterocycles. The molecule has 2 fully saturated rings. The van der Waals surface area contributed by atoms with Crippen molar-refractivity contribution in [2.75, 3.05) is 33.2 Å². The Balaban J connectivity index is 0.00000306. The van der Waals surface area contributed by atoms with Crippen molar-refractivity contribution in [1.29, 1.82) is 0 Å². The first kappa shape index (κ1) is 25.6. The maximum Gasteiger partial charge on any atom is 0.222 e. The summed E-state index contributed by atoms with van der Waals surface area (Å²) in [5.74, 6) is 2.02. The van der Waals surface area contributed by atoms with E-state index in [0.29, 0.717) is 19.5 Å². The second kappa shape index (κ2) is 13.0. The van der Waals surface area contributed by atoms with Crippen molar-refractivity contribution in [2.24, 2.45) is 4.99 Å². The van der Waals surface area contributed by atoms with Gasteiger partial charge >= 0.3 is 0 Å². The monoisotopic (exact) mass is 565 g/mol. The van der Waals surface area contributed by atoms with Crippen LogP contribution in [0.15, 0.2) is 52.1 Å². The van der Waals surface area contributed by atoms with Crippen LogP contribution in [0.25, 0.3) is 0 Å². The number of aliphatic imine (C=N–C) groups is 1. The van der Waals surface area contributed by atoms with E-state index in [2.05, 4.69) is 38.7 Å². The summed E-state index contributed by atoms with van der Waals surface area (Å²) in [6, 6.07) is 12.5. The lowest BCUT2D eigenvalue weighted by Gasteiger charge is -2.33. The summed E-state index contributed by atoms with van der Waals surface area (Å²) < 4.78 is 5.76. The minimum Gasteiger partial charge on any atom is -0.468 e. The quantitative estimate of drug-likeness (QED) is 0.289. The second-order valence-corrected chi connectivity index (χ2v) is 8.62. The van der Waals surface area contributed by atoms with Gasteiger partial charge in [0, 0.05) is 39.6 Å². The summed E-state index contributed by atoms with van der Waals surface area (Å²) in [5, 5.41) is 6.95. The molecule has 0 bridgehead atoms. The number of carbonyl (C=O) groups is 1. The molecule has 2 saturated heterocycles. The summed E-state index contributed by atoms with van der Waals surface area (Å²) >= 11 is 0. The predicted molar refractivity (Wildman–Crippen MR) is 142 cm³/mol. The molecule has 0 aliphatic carbocycles. The first-order valence-corrected chi connectivity index (χ1v) is 11.8. The zero-order valence-corrected chi connectivity index (χ0v) is 21.8. The molecule has 4 rings (SSSR count). The van der Waals surface area contributed by atoms with Gasteiger partial charge in [0.15, 0.2) is 5.96 Å². The third-order valence-corrected chi connectivity index (χ3v) is 6.49.